The van der Waals surface area contributed by atoms with Crippen molar-refractivity contribution >= 4 is 0 Å². The van der Waals surface area contributed by atoms with Crippen LogP contribution in [0.3, 0.4) is 0 Å². The van der Waals surface area contributed by atoms with Gasteiger partial charge in [0.15, 0.2) is 0 Å². The number of benzene rings is 1. The highest BCUT2D eigenvalue weighted by Gasteiger charge is 2.30. The molecule has 3 heteroatoms. The van der Waals surface area contributed by atoms with Crippen molar-refractivity contribution in [3.8, 4) is 0 Å². The number of rotatable bonds is 3. The minimum absolute atomic E-state index is 0.236. The van der Waals surface area contributed by atoms with E-state index in [1.54, 1.807) is 12.1 Å². The molecule has 1 fully saturated rings. The molecule has 1 aliphatic heterocycles. The molecule has 1 saturated heterocycles. The maximum absolute atomic E-state index is 14.2. The zero-order valence-corrected chi connectivity index (χ0v) is 11.3. The molecule has 102 valence electrons. The van der Waals surface area contributed by atoms with Gasteiger partial charge in [0, 0.05) is 0 Å². The molecule has 0 saturated carbocycles. The summed E-state index contributed by atoms with van der Waals surface area (Å²) in [7, 11) is 0. The molecule has 1 nitrogen and oxygen atoms in total. The molecule has 18 heavy (non-hydrogen) atoms. The Hall–Kier alpha value is -0.960. The Morgan fingerprint density at radius 1 is 1.11 bits per heavy atom. The fourth-order valence-corrected chi connectivity index (χ4v) is 2.14. The van der Waals surface area contributed by atoms with Gasteiger partial charge in [0.25, 0.3) is 0 Å². The van der Waals surface area contributed by atoms with E-state index in [4.69, 9.17) is 0 Å². The second-order valence-electron chi connectivity index (χ2n) is 4.53. The molecule has 0 aliphatic carbocycles. The van der Waals surface area contributed by atoms with Crippen LogP contribution in [0.4, 0.5) is 8.78 Å². The van der Waals surface area contributed by atoms with Crippen LogP contribution in [0, 0.1) is 5.82 Å². The summed E-state index contributed by atoms with van der Waals surface area (Å²) in [5.74, 6) is -0.236. The van der Waals surface area contributed by atoms with E-state index in [9.17, 15) is 8.78 Å². The average molecular weight is 255 g/mol. The molecule has 0 bridgehead atoms. The standard InChI is InChI=1S/C13H17F2N.C2H6/c14-12-3-1-11(2-4-12)5-6-13(15)7-9-16-10-8-13;1-2/h1-4,16H,5-10H2;1-2H3. The van der Waals surface area contributed by atoms with Gasteiger partial charge in [-0.2, -0.15) is 0 Å². The summed E-state index contributed by atoms with van der Waals surface area (Å²) in [5, 5.41) is 3.16. The molecule has 2 rings (SSSR count). The van der Waals surface area contributed by atoms with Gasteiger partial charge in [-0.3, -0.25) is 0 Å². The van der Waals surface area contributed by atoms with Gasteiger partial charge in [0.05, 0.1) is 0 Å². The van der Waals surface area contributed by atoms with E-state index in [1.165, 1.54) is 12.1 Å². The largest absolute Gasteiger partial charge is 0.316 e. The molecular formula is C15H23F2N. The van der Waals surface area contributed by atoms with Gasteiger partial charge in [-0.25, -0.2) is 8.78 Å². The Bertz CT molecular complexity index is 329. The number of piperidine rings is 1. The molecule has 0 amide bonds. The zero-order valence-electron chi connectivity index (χ0n) is 11.3. The summed E-state index contributed by atoms with van der Waals surface area (Å²) in [5.41, 5.74) is -0.0171. The maximum Gasteiger partial charge on any atom is 0.123 e. The van der Waals surface area contributed by atoms with Crippen LogP contribution in [0.1, 0.15) is 38.7 Å². The summed E-state index contributed by atoms with van der Waals surface area (Å²) >= 11 is 0. The van der Waals surface area contributed by atoms with E-state index in [2.05, 4.69) is 5.32 Å². The summed E-state index contributed by atoms with van der Waals surface area (Å²) in [6.07, 6.45) is 2.42. The van der Waals surface area contributed by atoms with Gasteiger partial charge in [-0.1, -0.05) is 26.0 Å². The van der Waals surface area contributed by atoms with E-state index < -0.39 is 5.67 Å². The average Bonchev–Trinajstić information content (AvgIpc) is 2.41. The smallest absolute Gasteiger partial charge is 0.123 e. The Labute approximate surface area is 109 Å². The first-order valence-corrected chi connectivity index (χ1v) is 6.82. The summed E-state index contributed by atoms with van der Waals surface area (Å²) in [6.45, 7) is 5.53. The van der Waals surface area contributed by atoms with Crippen LogP contribution >= 0.6 is 0 Å². The third kappa shape index (κ3) is 4.73. The molecule has 1 aliphatic rings. The lowest BCUT2D eigenvalue weighted by atomic mass is 9.88. The SMILES string of the molecule is CC.Fc1ccc(CCC2(F)CCNCC2)cc1. The number of nitrogens with one attached hydrogen (secondary N) is 1. The molecule has 1 aromatic rings. The van der Waals surface area contributed by atoms with Crippen molar-refractivity contribution in [3.05, 3.63) is 35.6 Å². The highest BCUT2D eigenvalue weighted by atomic mass is 19.1. The molecule has 0 aromatic heterocycles. The van der Waals surface area contributed by atoms with E-state index in [0.717, 1.165) is 18.7 Å². The zero-order chi connectivity index (χ0) is 13.4. The van der Waals surface area contributed by atoms with Crippen molar-refractivity contribution in [2.75, 3.05) is 13.1 Å². The third-order valence-corrected chi connectivity index (χ3v) is 3.27. The molecular weight excluding hydrogens is 232 g/mol. The van der Waals surface area contributed by atoms with Crippen molar-refractivity contribution in [1.29, 1.82) is 0 Å². The number of hydrogen-bond donors (Lipinski definition) is 1. The minimum atomic E-state index is -1.03. The Morgan fingerprint density at radius 3 is 2.22 bits per heavy atom. The second-order valence-corrected chi connectivity index (χ2v) is 4.53. The molecule has 0 spiro atoms. The fourth-order valence-electron chi connectivity index (χ4n) is 2.14. The molecule has 0 atom stereocenters. The maximum atomic E-state index is 14.2. The first-order chi connectivity index (χ1) is 8.68. The summed E-state index contributed by atoms with van der Waals surface area (Å²) in [6, 6.07) is 6.34. The van der Waals surface area contributed by atoms with Crippen LogP contribution in [0.5, 0.6) is 0 Å². The Balaban J connectivity index is 0.000000771. The predicted octanol–water partition coefficient (Wildman–Crippen LogP) is 3.88. The predicted molar refractivity (Wildman–Crippen MR) is 72.0 cm³/mol. The van der Waals surface area contributed by atoms with Crippen LogP contribution in [0.25, 0.3) is 0 Å². The second kappa shape index (κ2) is 7.47. The highest BCUT2D eigenvalue weighted by molar-refractivity contribution is 5.16. The monoisotopic (exact) mass is 255 g/mol. The fraction of sp³-hybridized carbons (Fsp3) is 0.600. The van der Waals surface area contributed by atoms with Gasteiger partial charge in [0.1, 0.15) is 11.5 Å². The van der Waals surface area contributed by atoms with Crippen molar-refractivity contribution in [3.63, 3.8) is 0 Å². The molecule has 1 heterocycles. The van der Waals surface area contributed by atoms with E-state index in [1.807, 2.05) is 13.8 Å². The van der Waals surface area contributed by atoms with Crippen LogP contribution in [0.2, 0.25) is 0 Å². The summed E-state index contributed by atoms with van der Waals surface area (Å²) in [4.78, 5) is 0. The van der Waals surface area contributed by atoms with E-state index in [0.29, 0.717) is 25.7 Å². The lowest BCUT2D eigenvalue weighted by Gasteiger charge is -2.30. The van der Waals surface area contributed by atoms with E-state index >= 15 is 0 Å². The third-order valence-electron chi connectivity index (χ3n) is 3.27. The van der Waals surface area contributed by atoms with Crippen LogP contribution in [-0.4, -0.2) is 18.8 Å². The van der Waals surface area contributed by atoms with Gasteiger partial charge in [-0.15, -0.1) is 0 Å². The van der Waals surface area contributed by atoms with Crippen molar-refractivity contribution in [1.82, 2.24) is 5.32 Å². The van der Waals surface area contributed by atoms with Crippen LogP contribution in [-0.2, 0) is 6.42 Å². The Kier molecular flexibility index (Phi) is 6.27. The lowest BCUT2D eigenvalue weighted by Crippen LogP contribution is -2.38. The number of alkyl halides is 1. The van der Waals surface area contributed by atoms with Gasteiger partial charge in [-0.05, 0) is 56.5 Å². The Morgan fingerprint density at radius 2 is 1.67 bits per heavy atom. The molecule has 1 N–H and O–H groups in total. The first-order valence-electron chi connectivity index (χ1n) is 6.82. The minimum Gasteiger partial charge on any atom is -0.316 e. The van der Waals surface area contributed by atoms with Crippen molar-refractivity contribution < 1.29 is 8.78 Å². The van der Waals surface area contributed by atoms with Gasteiger partial charge < -0.3 is 5.32 Å². The van der Waals surface area contributed by atoms with Crippen molar-refractivity contribution in [2.24, 2.45) is 0 Å². The van der Waals surface area contributed by atoms with Gasteiger partial charge in [0.2, 0.25) is 0 Å². The van der Waals surface area contributed by atoms with Crippen LogP contribution in [0.15, 0.2) is 24.3 Å². The van der Waals surface area contributed by atoms with E-state index in [-0.39, 0.29) is 5.82 Å². The lowest BCUT2D eigenvalue weighted by molar-refractivity contribution is 0.105. The summed E-state index contributed by atoms with van der Waals surface area (Å²) < 4.78 is 26.9. The normalized spacial score (nSPS) is 17.8. The number of hydrogen-bond acceptors (Lipinski definition) is 1. The molecule has 0 unspecified atom stereocenters. The van der Waals surface area contributed by atoms with Crippen molar-refractivity contribution in [2.45, 2.75) is 45.2 Å². The molecule has 0 radical (unpaired) electrons. The number of aryl methyl sites for hydroxylation is 1. The highest BCUT2D eigenvalue weighted by Crippen LogP contribution is 2.28. The molecule has 1 aromatic carbocycles. The number of halogens is 2. The van der Waals surface area contributed by atoms with Crippen LogP contribution < -0.4 is 5.32 Å². The van der Waals surface area contributed by atoms with Gasteiger partial charge >= 0.3 is 0 Å². The quantitative estimate of drug-likeness (QED) is 0.864. The topological polar surface area (TPSA) is 12.0 Å². The first kappa shape index (κ1) is 15.1.